The molecule has 0 spiro atoms. The topological polar surface area (TPSA) is 77.4 Å². The van der Waals surface area contributed by atoms with Gasteiger partial charge in [-0.05, 0) is 67.3 Å². The van der Waals surface area contributed by atoms with Crippen molar-refractivity contribution in [1.82, 2.24) is 4.90 Å². The molecular formula is C30H33F3N2O5. The molecule has 0 aromatic heterocycles. The van der Waals surface area contributed by atoms with Crippen molar-refractivity contribution in [2.75, 3.05) is 26.3 Å². The molecule has 1 amide bonds. The molecule has 0 radical (unpaired) electrons. The lowest BCUT2D eigenvalue weighted by Gasteiger charge is -2.41. The van der Waals surface area contributed by atoms with E-state index in [4.69, 9.17) is 14.2 Å². The first kappa shape index (κ1) is 28.1. The van der Waals surface area contributed by atoms with Gasteiger partial charge in [0.2, 0.25) is 0 Å². The average molecular weight is 559 g/mol. The van der Waals surface area contributed by atoms with E-state index < -0.39 is 23.8 Å². The number of esters is 1. The molecule has 214 valence electrons. The molecular weight excluding hydrogens is 525 g/mol. The summed E-state index contributed by atoms with van der Waals surface area (Å²) in [6, 6.07) is 12.2. The molecule has 5 rings (SSSR count). The van der Waals surface area contributed by atoms with Crippen molar-refractivity contribution in [3.8, 4) is 0 Å². The molecule has 3 aliphatic rings. The van der Waals surface area contributed by atoms with E-state index >= 15 is 0 Å². The van der Waals surface area contributed by atoms with E-state index in [1.807, 2.05) is 30.0 Å². The number of aryl methyl sites for hydroxylation is 2. The number of rotatable bonds is 6. The summed E-state index contributed by atoms with van der Waals surface area (Å²) >= 11 is 0. The number of ether oxygens (including phenoxy) is 3. The van der Waals surface area contributed by atoms with Crippen molar-refractivity contribution in [2.24, 2.45) is 16.8 Å². The maximum absolute atomic E-state index is 13.7. The molecule has 2 aromatic rings. The highest BCUT2D eigenvalue weighted by atomic mass is 19.4. The summed E-state index contributed by atoms with van der Waals surface area (Å²) in [6.45, 7) is 5.99. The molecule has 2 aliphatic heterocycles. The second-order valence-electron chi connectivity index (χ2n) is 11.0. The molecule has 5 atom stereocenters. The van der Waals surface area contributed by atoms with Crippen molar-refractivity contribution in [3.63, 3.8) is 0 Å². The number of amidine groups is 1. The number of alkyl halides is 3. The predicted molar refractivity (Wildman–Crippen MR) is 141 cm³/mol. The van der Waals surface area contributed by atoms with Gasteiger partial charge in [-0.1, -0.05) is 35.9 Å². The van der Waals surface area contributed by atoms with Crippen LogP contribution in [0.25, 0.3) is 0 Å². The molecule has 40 heavy (non-hydrogen) atoms. The Morgan fingerprint density at radius 1 is 1.15 bits per heavy atom. The summed E-state index contributed by atoms with van der Waals surface area (Å²) < 4.78 is 58.5. The number of amides is 1. The zero-order valence-corrected chi connectivity index (χ0v) is 22.7. The Hall–Kier alpha value is -3.40. The number of carbonyl (C=O) groups is 2. The van der Waals surface area contributed by atoms with Crippen molar-refractivity contribution in [3.05, 3.63) is 70.3 Å². The van der Waals surface area contributed by atoms with Gasteiger partial charge in [0.15, 0.2) is 6.61 Å². The second kappa shape index (κ2) is 11.2. The highest BCUT2D eigenvalue weighted by Crippen LogP contribution is 2.48. The number of hydrogen-bond donors (Lipinski definition) is 0. The van der Waals surface area contributed by atoms with Crippen LogP contribution in [-0.4, -0.2) is 55.2 Å². The summed E-state index contributed by atoms with van der Waals surface area (Å²) in [7, 11) is 0. The number of benzene rings is 2. The number of hydrogen-bond acceptors (Lipinski definition) is 6. The number of nitrogens with zero attached hydrogens (tertiary/aromatic N) is 2. The molecule has 2 aromatic carbocycles. The molecule has 2 heterocycles. The Bertz CT molecular complexity index is 1310. The van der Waals surface area contributed by atoms with Crippen LogP contribution >= 0.6 is 0 Å². The number of likely N-dealkylation sites (tertiary alicyclic amines) is 1. The molecule has 2 fully saturated rings. The Labute approximate surface area is 231 Å². The van der Waals surface area contributed by atoms with E-state index in [0.29, 0.717) is 42.6 Å². The molecule has 1 aliphatic carbocycles. The van der Waals surface area contributed by atoms with Crippen LogP contribution in [-0.2, 0) is 30.0 Å². The van der Waals surface area contributed by atoms with E-state index in [2.05, 4.69) is 11.1 Å². The summed E-state index contributed by atoms with van der Waals surface area (Å²) in [5, 5.41) is 0. The fourth-order valence-electron chi connectivity index (χ4n) is 6.38. The van der Waals surface area contributed by atoms with Gasteiger partial charge in [-0.25, -0.2) is 0 Å². The van der Waals surface area contributed by atoms with E-state index in [9.17, 15) is 22.8 Å². The smallest absolute Gasteiger partial charge is 0.416 e. The predicted octanol–water partition coefficient (Wildman–Crippen LogP) is 5.35. The monoisotopic (exact) mass is 558 g/mol. The Morgan fingerprint density at radius 3 is 2.60 bits per heavy atom. The van der Waals surface area contributed by atoms with Gasteiger partial charge in [-0.2, -0.15) is 18.2 Å². The third-order valence-corrected chi connectivity index (χ3v) is 8.11. The highest BCUT2D eigenvalue weighted by Gasteiger charge is 2.48. The van der Waals surface area contributed by atoms with Crippen LogP contribution < -0.4 is 0 Å². The van der Waals surface area contributed by atoms with E-state index in [1.54, 1.807) is 13.0 Å². The minimum absolute atomic E-state index is 0.0532. The normalized spacial score (nSPS) is 25.3. The first-order chi connectivity index (χ1) is 19.0. The van der Waals surface area contributed by atoms with E-state index in [-0.39, 0.29) is 37.1 Å². The fourth-order valence-corrected chi connectivity index (χ4v) is 6.38. The van der Waals surface area contributed by atoms with Crippen LogP contribution in [0.4, 0.5) is 13.2 Å². The van der Waals surface area contributed by atoms with Crippen LogP contribution in [0.3, 0.4) is 0 Å². The van der Waals surface area contributed by atoms with Gasteiger partial charge >= 0.3 is 12.1 Å². The summed E-state index contributed by atoms with van der Waals surface area (Å²) in [5.41, 5.74) is 2.20. The summed E-state index contributed by atoms with van der Waals surface area (Å²) in [4.78, 5) is 29.5. The van der Waals surface area contributed by atoms with Gasteiger partial charge in [-0.3, -0.25) is 9.59 Å². The number of fused-ring (bicyclic) bond motifs is 1. The van der Waals surface area contributed by atoms with Gasteiger partial charge in [-0.15, -0.1) is 0 Å². The zero-order valence-electron chi connectivity index (χ0n) is 22.7. The van der Waals surface area contributed by atoms with Gasteiger partial charge < -0.3 is 19.1 Å². The lowest BCUT2D eigenvalue weighted by atomic mass is 9.68. The molecule has 10 heteroatoms. The lowest BCUT2D eigenvalue weighted by Crippen LogP contribution is -2.39. The van der Waals surface area contributed by atoms with E-state index in [0.717, 1.165) is 29.7 Å². The van der Waals surface area contributed by atoms with Crippen LogP contribution in [0, 0.1) is 25.7 Å². The lowest BCUT2D eigenvalue weighted by molar-refractivity contribution is -0.150. The average Bonchev–Trinajstić information content (AvgIpc) is 3.52. The Morgan fingerprint density at radius 2 is 1.93 bits per heavy atom. The minimum Gasteiger partial charge on any atom is -0.463 e. The first-order valence-corrected chi connectivity index (χ1v) is 13.5. The van der Waals surface area contributed by atoms with Crippen molar-refractivity contribution in [2.45, 2.75) is 57.9 Å². The maximum atomic E-state index is 13.7. The maximum Gasteiger partial charge on any atom is 0.416 e. The third kappa shape index (κ3) is 6.01. The van der Waals surface area contributed by atoms with Crippen LogP contribution in [0.15, 0.2) is 47.5 Å². The SMILES string of the molecule is CC(=O)OC[C@@H](O[C@H]1CC[C@@H]2CN(C3=NC(=O)CO3)C[C@H]2[C@@H]1c1ccccc1C)c1cc(C)cc(C(F)(F)F)c1. The molecule has 0 unspecified atom stereocenters. The Balaban J connectivity index is 1.49. The summed E-state index contributed by atoms with van der Waals surface area (Å²) in [5.74, 6) is -0.468. The minimum atomic E-state index is -4.52. The fraction of sp³-hybridized carbons (Fsp3) is 0.500. The van der Waals surface area contributed by atoms with Gasteiger partial charge in [0.25, 0.3) is 11.9 Å². The number of aliphatic imine (C=N–C) groups is 1. The van der Waals surface area contributed by atoms with Crippen molar-refractivity contribution >= 4 is 17.9 Å². The first-order valence-electron chi connectivity index (χ1n) is 13.5. The number of carbonyl (C=O) groups excluding carboxylic acids is 2. The van der Waals surface area contributed by atoms with Crippen LogP contribution in [0.2, 0.25) is 0 Å². The van der Waals surface area contributed by atoms with Crippen LogP contribution in [0.5, 0.6) is 0 Å². The molecule has 7 nitrogen and oxygen atoms in total. The molecule has 0 N–H and O–H groups in total. The van der Waals surface area contributed by atoms with Crippen molar-refractivity contribution < 1.29 is 37.0 Å². The zero-order chi connectivity index (χ0) is 28.6. The number of halogens is 3. The second-order valence-corrected chi connectivity index (χ2v) is 11.0. The highest BCUT2D eigenvalue weighted by molar-refractivity contribution is 5.96. The van der Waals surface area contributed by atoms with E-state index in [1.165, 1.54) is 6.92 Å². The standard InChI is InChI=1S/C30H33F3N2O5/c1-17-10-21(12-22(11-17)30(31,32)33)26(15-38-19(3)36)40-25-9-8-20-13-35(29-34-27(37)16-39-29)14-24(20)28(25)23-7-5-4-6-18(23)2/h4-7,10-12,20,24-26,28H,8-9,13-16H2,1-3H3/t20-,24-,25+,26-,28+/m1/s1. The molecule has 1 saturated carbocycles. The molecule has 0 bridgehead atoms. The Kier molecular flexibility index (Phi) is 7.90. The van der Waals surface area contributed by atoms with Gasteiger partial charge in [0.1, 0.15) is 12.7 Å². The summed E-state index contributed by atoms with van der Waals surface area (Å²) in [6.07, 6.45) is -4.23. The largest absolute Gasteiger partial charge is 0.463 e. The van der Waals surface area contributed by atoms with Gasteiger partial charge in [0.05, 0.1) is 11.7 Å². The van der Waals surface area contributed by atoms with Crippen LogP contribution in [0.1, 0.15) is 59.6 Å². The van der Waals surface area contributed by atoms with Gasteiger partial charge in [0, 0.05) is 25.9 Å². The third-order valence-electron chi connectivity index (χ3n) is 8.11. The quantitative estimate of drug-likeness (QED) is 0.445. The molecule has 1 saturated heterocycles. The van der Waals surface area contributed by atoms with Crippen molar-refractivity contribution in [1.29, 1.82) is 0 Å².